The Morgan fingerprint density at radius 3 is 2.30 bits per heavy atom. The molecule has 1 N–H and O–H groups in total. The van der Waals surface area contributed by atoms with Crippen molar-refractivity contribution in [2.24, 2.45) is 0 Å². The number of hydrogen-bond acceptors (Lipinski definition) is 9. The number of fused-ring (bicyclic) bond motifs is 1. The van der Waals surface area contributed by atoms with Crippen LogP contribution in [0.4, 0.5) is 0 Å². The van der Waals surface area contributed by atoms with E-state index < -0.39 is 5.97 Å². The fourth-order valence-electron chi connectivity index (χ4n) is 4.61. The van der Waals surface area contributed by atoms with E-state index in [1.165, 1.54) is 6.07 Å². The molecule has 0 bridgehead atoms. The molecule has 0 aliphatic carbocycles. The fourth-order valence-corrected chi connectivity index (χ4v) is 4.61. The van der Waals surface area contributed by atoms with Crippen molar-refractivity contribution in [3.63, 3.8) is 0 Å². The van der Waals surface area contributed by atoms with E-state index in [-0.39, 0.29) is 50.2 Å². The van der Waals surface area contributed by atoms with Crippen LogP contribution in [0.5, 0.6) is 23.0 Å². The summed E-state index contributed by atoms with van der Waals surface area (Å²) in [6.45, 7) is 5.42. The van der Waals surface area contributed by atoms with Gasteiger partial charge >= 0.3 is 17.9 Å². The largest absolute Gasteiger partial charge is 0.493 e. The number of ether oxygens (including phenoxy) is 6. The van der Waals surface area contributed by atoms with E-state index in [4.69, 9.17) is 28.4 Å². The molecule has 0 saturated carbocycles. The summed E-state index contributed by atoms with van der Waals surface area (Å²) in [4.78, 5) is 35.8. The number of carbonyl (C=O) groups is 3. The number of rotatable bonds is 15. The van der Waals surface area contributed by atoms with Crippen molar-refractivity contribution < 1.29 is 47.9 Å². The van der Waals surface area contributed by atoms with Crippen LogP contribution in [0, 0.1) is 0 Å². The van der Waals surface area contributed by atoms with Gasteiger partial charge in [-0.25, -0.2) is 4.79 Å². The summed E-state index contributed by atoms with van der Waals surface area (Å²) in [5.41, 5.74) is 3.02. The van der Waals surface area contributed by atoms with Gasteiger partial charge in [0.15, 0.2) is 11.5 Å². The summed E-state index contributed by atoms with van der Waals surface area (Å²) in [6.07, 6.45) is 1.21. The third kappa shape index (κ3) is 8.88. The number of carboxylic acids is 1. The van der Waals surface area contributed by atoms with Gasteiger partial charge in [0.1, 0.15) is 31.3 Å². The second-order valence-electron chi connectivity index (χ2n) is 9.65. The molecule has 43 heavy (non-hydrogen) atoms. The predicted octanol–water partition coefficient (Wildman–Crippen LogP) is 5.62. The summed E-state index contributed by atoms with van der Waals surface area (Å²) in [7, 11) is 0. The van der Waals surface area contributed by atoms with Gasteiger partial charge in [-0.2, -0.15) is 0 Å². The van der Waals surface area contributed by atoms with E-state index in [1.807, 2.05) is 24.3 Å². The van der Waals surface area contributed by atoms with Gasteiger partial charge < -0.3 is 33.5 Å². The summed E-state index contributed by atoms with van der Waals surface area (Å²) in [5, 5.41) is 9.78. The smallest absolute Gasteiger partial charge is 0.335 e. The van der Waals surface area contributed by atoms with Crippen molar-refractivity contribution in [3.8, 4) is 34.1 Å². The van der Waals surface area contributed by atoms with Gasteiger partial charge in [-0.3, -0.25) is 9.59 Å². The number of carboxylic acid groups (broad SMARTS) is 1. The topological polar surface area (TPSA) is 127 Å². The van der Waals surface area contributed by atoms with Gasteiger partial charge in [0.2, 0.25) is 0 Å². The van der Waals surface area contributed by atoms with Crippen LogP contribution in [-0.2, 0) is 32.1 Å². The van der Waals surface area contributed by atoms with Crippen LogP contribution in [0.2, 0.25) is 0 Å². The molecule has 0 saturated heterocycles. The first-order chi connectivity index (χ1) is 20.9. The van der Waals surface area contributed by atoms with E-state index in [2.05, 4.69) is 0 Å². The van der Waals surface area contributed by atoms with Crippen LogP contribution in [0.1, 0.15) is 54.6 Å². The van der Waals surface area contributed by atoms with Crippen LogP contribution in [0.3, 0.4) is 0 Å². The van der Waals surface area contributed by atoms with Crippen molar-refractivity contribution in [1.82, 2.24) is 0 Å². The van der Waals surface area contributed by atoms with Gasteiger partial charge in [0.25, 0.3) is 0 Å². The van der Waals surface area contributed by atoms with E-state index in [0.29, 0.717) is 61.2 Å². The predicted molar refractivity (Wildman–Crippen MR) is 157 cm³/mol. The molecule has 10 nitrogen and oxygen atoms in total. The molecule has 0 fully saturated rings. The zero-order chi connectivity index (χ0) is 30.6. The quantitative estimate of drug-likeness (QED) is 0.175. The highest BCUT2D eigenvalue weighted by molar-refractivity contribution is 5.90. The molecule has 10 heteroatoms. The van der Waals surface area contributed by atoms with Crippen LogP contribution >= 0.6 is 0 Å². The third-order valence-electron chi connectivity index (χ3n) is 6.63. The van der Waals surface area contributed by atoms with Crippen LogP contribution in [-0.4, -0.2) is 56.0 Å². The second kappa shape index (κ2) is 15.5. The highest BCUT2D eigenvalue weighted by Gasteiger charge is 2.17. The minimum absolute atomic E-state index is 0.0728. The summed E-state index contributed by atoms with van der Waals surface area (Å²) in [5.74, 6) is 0.473. The monoisotopic (exact) mass is 592 g/mol. The number of hydrogen-bond donors (Lipinski definition) is 1. The summed E-state index contributed by atoms with van der Waals surface area (Å²) >= 11 is 0. The van der Waals surface area contributed by atoms with Crippen molar-refractivity contribution in [3.05, 3.63) is 71.3 Å². The molecule has 0 unspecified atom stereocenters. The van der Waals surface area contributed by atoms with E-state index in [0.717, 1.165) is 16.7 Å². The minimum atomic E-state index is -1.09. The molecule has 1 aliphatic rings. The lowest BCUT2D eigenvalue weighted by Gasteiger charge is -2.19. The normalized spacial score (nSPS) is 11.9. The molecule has 3 aromatic rings. The Labute approximate surface area is 250 Å². The Kier molecular flexibility index (Phi) is 11.2. The SMILES string of the molecule is CCOC(=O)CCCOc1cccc(COc2cc(C(=O)O)cc(-c3ccc4c(c3)OCCO4)c2)c1CCC(=O)OCC. The average molecular weight is 593 g/mol. The van der Waals surface area contributed by atoms with Gasteiger partial charge in [-0.05, 0) is 79.8 Å². The highest BCUT2D eigenvalue weighted by atomic mass is 16.6. The molecule has 4 rings (SSSR count). The average Bonchev–Trinajstić information content (AvgIpc) is 3.01. The molecule has 0 aromatic heterocycles. The molecule has 0 spiro atoms. The lowest BCUT2D eigenvalue weighted by atomic mass is 10.0. The highest BCUT2D eigenvalue weighted by Crippen LogP contribution is 2.36. The minimum Gasteiger partial charge on any atom is -0.493 e. The maximum absolute atomic E-state index is 12.2. The number of esters is 2. The first-order valence-electron chi connectivity index (χ1n) is 14.3. The molecule has 3 aromatic carbocycles. The summed E-state index contributed by atoms with van der Waals surface area (Å²) in [6, 6.07) is 15.8. The molecule has 228 valence electrons. The van der Waals surface area contributed by atoms with Gasteiger partial charge in [0, 0.05) is 18.4 Å². The maximum Gasteiger partial charge on any atom is 0.335 e. The third-order valence-corrected chi connectivity index (χ3v) is 6.63. The fraction of sp³-hybridized carbons (Fsp3) is 0.364. The van der Waals surface area contributed by atoms with Crippen molar-refractivity contribution >= 4 is 17.9 Å². The number of benzene rings is 3. The maximum atomic E-state index is 12.2. The molecule has 0 radical (unpaired) electrons. The van der Waals surface area contributed by atoms with E-state index >= 15 is 0 Å². The lowest BCUT2D eigenvalue weighted by Crippen LogP contribution is -2.15. The Morgan fingerprint density at radius 2 is 1.56 bits per heavy atom. The van der Waals surface area contributed by atoms with Crippen molar-refractivity contribution in [1.29, 1.82) is 0 Å². The molecule has 1 heterocycles. The zero-order valence-electron chi connectivity index (χ0n) is 24.4. The zero-order valence-corrected chi connectivity index (χ0v) is 24.4. The van der Waals surface area contributed by atoms with E-state index in [1.54, 1.807) is 38.1 Å². The van der Waals surface area contributed by atoms with Gasteiger partial charge in [0.05, 0.1) is 25.4 Å². The lowest BCUT2D eigenvalue weighted by molar-refractivity contribution is -0.144. The summed E-state index contributed by atoms with van der Waals surface area (Å²) < 4.78 is 33.5. The first kappa shape index (κ1) is 31.2. The standard InChI is InChI=1S/C33H36O10/c1-3-38-31(34)9-6-14-40-28-8-5-7-23(27(28)11-13-32(35)39-4-2)21-43-26-18-24(17-25(19-26)33(36)37)22-10-12-29-30(20-22)42-16-15-41-29/h5,7-8,10,12,17-20H,3-4,6,9,11,13-16,21H2,1-2H3,(H,36,37). The van der Waals surface area contributed by atoms with E-state index in [9.17, 15) is 19.5 Å². The van der Waals surface area contributed by atoms with Gasteiger partial charge in [-0.15, -0.1) is 0 Å². The molecular formula is C33H36O10. The Bertz CT molecular complexity index is 1430. The number of carbonyl (C=O) groups excluding carboxylic acids is 2. The van der Waals surface area contributed by atoms with Crippen molar-refractivity contribution in [2.75, 3.05) is 33.0 Å². The Morgan fingerprint density at radius 1 is 0.814 bits per heavy atom. The number of aromatic carboxylic acids is 1. The Hall–Kier alpha value is -4.73. The van der Waals surface area contributed by atoms with Crippen LogP contribution in [0.15, 0.2) is 54.6 Å². The molecule has 1 aliphatic heterocycles. The second-order valence-corrected chi connectivity index (χ2v) is 9.65. The van der Waals surface area contributed by atoms with Crippen molar-refractivity contribution in [2.45, 2.75) is 46.1 Å². The molecular weight excluding hydrogens is 556 g/mol. The molecule has 0 amide bonds. The van der Waals surface area contributed by atoms with Crippen LogP contribution < -0.4 is 18.9 Å². The Balaban J connectivity index is 1.55. The molecule has 0 atom stereocenters. The van der Waals surface area contributed by atoms with Crippen LogP contribution in [0.25, 0.3) is 11.1 Å². The first-order valence-corrected chi connectivity index (χ1v) is 14.3. The van der Waals surface area contributed by atoms with Gasteiger partial charge in [-0.1, -0.05) is 18.2 Å².